The second-order valence-electron chi connectivity index (χ2n) is 6.51. The minimum Gasteiger partial charge on any atom is -0.467 e. The Morgan fingerprint density at radius 1 is 1.33 bits per heavy atom. The van der Waals surface area contributed by atoms with E-state index in [1.807, 2.05) is 12.1 Å². The maximum Gasteiger partial charge on any atom is 0.191 e. The molecule has 0 fully saturated rings. The summed E-state index contributed by atoms with van der Waals surface area (Å²) in [7, 11) is 0. The molecule has 0 amide bonds. The molecule has 0 radical (unpaired) electrons. The zero-order valence-corrected chi connectivity index (χ0v) is 19.0. The van der Waals surface area contributed by atoms with Crippen molar-refractivity contribution in [2.45, 2.75) is 72.0 Å². The van der Waals surface area contributed by atoms with Crippen LogP contribution in [0.2, 0.25) is 0 Å². The molecular weight excluding hydrogens is 455 g/mol. The van der Waals surface area contributed by atoms with Crippen LogP contribution < -0.4 is 10.6 Å². The van der Waals surface area contributed by atoms with Gasteiger partial charge in [-0.1, -0.05) is 33.1 Å². The number of halogens is 1. The Hall–Kier alpha value is -1.58. The molecule has 2 aromatic heterocycles. The molecule has 2 N–H and O–H groups in total. The topological polar surface area (TPSA) is 80.3 Å². The normalized spacial score (nSPS) is 12.5. The third kappa shape index (κ3) is 8.77. The summed E-state index contributed by atoms with van der Waals surface area (Å²) in [6.45, 7) is 8.61. The van der Waals surface area contributed by atoms with Crippen LogP contribution in [0.5, 0.6) is 0 Å². The first kappa shape index (κ1) is 23.5. The molecule has 8 heteroatoms. The molecule has 0 aliphatic rings. The molecule has 2 aromatic rings. The maximum absolute atomic E-state index is 5.38. The van der Waals surface area contributed by atoms with Gasteiger partial charge < -0.3 is 19.6 Å². The molecule has 0 bridgehead atoms. The molecule has 7 nitrogen and oxygen atoms in total. The smallest absolute Gasteiger partial charge is 0.191 e. The molecule has 2 rings (SSSR count). The Kier molecular flexibility index (Phi) is 11.8. The monoisotopic (exact) mass is 488 g/mol. The van der Waals surface area contributed by atoms with E-state index < -0.39 is 0 Å². The summed E-state index contributed by atoms with van der Waals surface area (Å²) in [6.07, 6.45) is 9.22. The number of hydrogen-bond acceptors (Lipinski definition) is 4. The number of unbranched alkanes of at least 4 members (excludes halogenated alkanes) is 2. The number of rotatable bonds is 11. The quantitative estimate of drug-likeness (QED) is 0.218. The van der Waals surface area contributed by atoms with Crippen LogP contribution in [0.4, 0.5) is 0 Å². The van der Waals surface area contributed by atoms with Gasteiger partial charge in [-0.2, -0.15) is 0 Å². The largest absolute Gasteiger partial charge is 0.467 e. The number of nitrogens with zero attached hydrogens (tertiary/aromatic N) is 4. The third-order valence-electron chi connectivity index (χ3n) is 4.25. The Bertz CT molecular complexity index is 640. The number of aliphatic imine (C=N–C) groups is 1. The zero-order chi connectivity index (χ0) is 18.6. The summed E-state index contributed by atoms with van der Waals surface area (Å²) in [6, 6.07) is 4.21. The van der Waals surface area contributed by atoms with Crippen molar-refractivity contribution in [3.05, 3.63) is 36.3 Å². The first-order chi connectivity index (χ1) is 12.7. The van der Waals surface area contributed by atoms with Crippen molar-refractivity contribution in [1.29, 1.82) is 0 Å². The van der Waals surface area contributed by atoms with Crippen molar-refractivity contribution in [3.8, 4) is 0 Å². The van der Waals surface area contributed by atoms with Crippen molar-refractivity contribution in [2.24, 2.45) is 4.99 Å². The molecule has 1 unspecified atom stereocenters. The fraction of sp³-hybridized carbons (Fsp3) is 0.632. The zero-order valence-electron chi connectivity index (χ0n) is 16.6. The standard InChI is InChI=1S/C19H32N6O.HI/c1-4-6-7-9-16(3)23-19(21-14-17-10-8-13-26-17)20-11-12-25-15-22-24-18(25)5-2;/h8,10,13,15-16H,4-7,9,11-12,14H2,1-3H3,(H2,20,21,23);1H. The van der Waals surface area contributed by atoms with Crippen LogP contribution in [0, 0.1) is 0 Å². The van der Waals surface area contributed by atoms with Crippen molar-refractivity contribution in [3.63, 3.8) is 0 Å². The first-order valence-electron chi connectivity index (χ1n) is 9.66. The van der Waals surface area contributed by atoms with Crippen molar-refractivity contribution in [2.75, 3.05) is 6.54 Å². The predicted octanol–water partition coefficient (Wildman–Crippen LogP) is 3.76. The minimum absolute atomic E-state index is 0. The Morgan fingerprint density at radius 3 is 2.89 bits per heavy atom. The fourth-order valence-corrected chi connectivity index (χ4v) is 2.75. The molecule has 0 spiro atoms. The Balaban J connectivity index is 0.00000364. The van der Waals surface area contributed by atoms with Gasteiger partial charge in [-0.25, -0.2) is 4.99 Å². The van der Waals surface area contributed by atoms with Crippen LogP contribution in [0.15, 0.2) is 34.1 Å². The van der Waals surface area contributed by atoms with Crippen LogP contribution in [0.3, 0.4) is 0 Å². The van der Waals surface area contributed by atoms with E-state index in [0.29, 0.717) is 12.6 Å². The van der Waals surface area contributed by atoms with Gasteiger partial charge in [0, 0.05) is 25.6 Å². The molecule has 0 aliphatic carbocycles. The first-order valence-corrected chi connectivity index (χ1v) is 9.66. The molecule has 27 heavy (non-hydrogen) atoms. The Labute approximate surface area is 179 Å². The predicted molar refractivity (Wildman–Crippen MR) is 119 cm³/mol. The highest BCUT2D eigenvalue weighted by Gasteiger charge is 2.07. The van der Waals surface area contributed by atoms with Crippen LogP contribution in [0.25, 0.3) is 0 Å². The number of hydrogen-bond donors (Lipinski definition) is 2. The van der Waals surface area contributed by atoms with Gasteiger partial charge in [0.05, 0.1) is 6.26 Å². The molecule has 1 atom stereocenters. The number of furan rings is 1. The number of aryl methyl sites for hydroxylation is 1. The van der Waals surface area contributed by atoms with E-state index in [1.165, 1.54) is 19.3 Å². The van der Waals surface area contributed by atoms with E-state index in [4.69, 9.17) is 4.42 Å². The average molecular weight is 488 g/mol. The van der Waals surface area contributed by atoms with Crippen LogP contribution in [-0.4, -0.2) is 33.3 Å². The number of nitrogens with one attached hydrogen (secondary N) is 2. The molecule has 2 heterocycles. The van der Waals surface area contributed by atoms with Crippen molar-refractivity contribution >= 4 is 29.9 Å². The van der Waals surface area contributed by atoms with E-state index in [9.17, 15) is 0 Å². The summed E-state index contributed by atoms with van der Waals surface area (Å²) in [5.41, 5.74) is 0. The van der Waals surface area contributed by atoms with Crippen LogP contribution in [-0.2, 0) is 19.5 Å². The van der Waals surface area contributed by atoms with Gasteiger partial charge in [-0.3, -0.25) is 0 Å². The lowest BCUT2D eigenvalue weighted by atomic mass is 10.1. The summed E-state index contributed by atoms with van der Waals surface area (Å²) < 4.78 is 7.45. The second-order valence-corrected chi connectivity index (χ2v) is 6.51. The van der Waals surface area contributed by atoms with E-state index in [2.05, 4.69) is 51.2 Å². The highest BCUT2D eigenvalue weighted by Crippen LogP contribution is 2.04. The Morgan fingerprint density at radius 2 is 2.19 bits per heavy atom. The van der Waals surface area contributed by atoms with Gasteiger partial charge in [0.1, 0.15) is 24.5 Å². The fourth-order valence-electron chi connectivity index (χ4n) is 2.75. The molecule has 0 saturated heterocycles. The highest BCUT2D eigenvalue weighted by atomic mass is 127. The minimum atomic E-state index is 0. The van der Waals surface area contributed by atoms with Gasteiger partial charge in [-0.05, 0) is 25.5 Å². The number of aromatic nitrogens is 3. The van der Waals surface area contributed by atoms with Gasteiger partial charge in [0.25, 0.3) is 0 Å². The summed E-state index contributed by atoms with van der Waals surface area (Å²) in [5, 5.41) is 15.0. The van der Waals surface area contributed by atoms with E-state index in [1.54, 1.807) is 12.6 Å². The number of guanidine groups is 1. The summed E-state index contributed by atoms with van der Waals surface area (Å²) in [5.74, 6) is 2.68. The second kappa shape index (κ2) is 13.6. The third-order valence-corrected chi connectivity index (χ3v) is 4.25. The van der Waals surface area contributed by atoms with E-state index in [0.717, 1.165) is 43.5 Å². The SMILES string of the molecule is CCCCCC(C)NC(=NCc1ccco1)NCCn1cnnc1CC.I. The maximum atomic E-state index is 5.38. The molecule has 152 valence electrons. The molecule has 0 saturated carbocycles. The summed E-state index contributed by atoms with van der Waals surface area (Å²) >= 11 is 0. The van der Waals surface area contributed by atoms with Crippen molar-refractivity contribution in [1.82, 2.24) is 25.4 Å². The summed E-state index contributed by atoms with van der Waals surface area (Å²) in [4.78, 5) is 4.66. The average Bonchev–Trinajstić information content (AvgIpc) is 3.31. The lowest BCUT2D eigenvalue weighted by Crippen LogP contribution is -2.43. The highest BCUT2D eigenvalue weighted by molar-refractivity contribution is 14.0. The van der Waals surface area contributed by atoms with E-state index in [-0.39, 0.29) is 24.0 Å². The van der Waals surface area contributed by atoms with Crippen molar-refractivity contribution < 1.29 is 4.42 Å². The lowest BCUT2D eigenvalue weighted by Gasteiger charge is -2.18. The van der Waals surface area contributed by atoms with Crippen LogP contribution >= 0.6 is 24.0 Å². The van der Waals surface area contributed by atoms with Gasteiger partial charge in [-0.15, -0.1) is 34.2 Å². The molecule has 0 aliphatic heterocycles. The van der Waals surface area contributed by atoms with Crippen LogP contribution in [0.1, 0.15) is 58.0 Å². The van der Waals surface area contributed by atoms with Gasteiger partial charge >= 0.3 is 0 Å². The van der Waals surface area contributed by atoms with Gasteiger partial charge in [0.2, 0.25) is 0 Å². The molecular formula is C19H33IN6O. The van der Waals surface area contributed by atoms with Gasteiger partial charge in [0.15, 0.2) is 5.96 Å². The van der Waals surface area contributed by atoms with E-state index >= 15 is 0 Å². The lowest BCUT2D eigenvalue weighted by molar-refractivity contribution is 0.509. The molecule has 0 aromatic carbocycles.